The number of anilines is 2. The fourth-order valence-corrected chi connectivity index (χ4v) is 2.38. The number of hydrogen-bond donors (Lipinski definition) is 2. The summed E-state index contributed by atoms with van der Waals surface area (Å²) >= 11 is 3.33. The maximum Gasteiger partial charge on any atom is 0.152 e. The third-order valence-corrected chi connectivity index (χ3v) is 3.12. The molecule has 1 aliphatic rings. The minimum Gasteiger partial charge on any atom is -0.396 e. The molecule has 1 aromatic rings. The van der Waals surface area contributed by atoms with Crippen molar-refractivity contribution in [3.05, 3.63) is 16.7 Å². The summed E-state index contributed by atoms with van der Waals surface area (Å²) < 4.78 is 6.44. The molecule has 94 valence electrons. The Balaban J connectivity index is 2.20. The van der Waals surface area contributed by atoms with Crippen molar-refractivity contribution in [1.82, 2.24) is 4.98 Å². The van der Waals surface area contributed by atoms with E-state index < -0.39 is 0 Å². The van der Waals surface area contributed by atoms with Gasteiger partial charge in [-0.05, 0) is 28.9 Å². The first kappa shape index (κ1) is 12.6. The van der Waals surface area contributed by atoms with Crippen molar-refractivity contribution in [1.29, 1.82) is 0 Å². The van der Waals surface area contributed by atoms with Crippen LogP contribution in [0.1, 0.15) is 6.92 Å². The Bertz CT molecular complexity index is 402. The van der Waals surface area contributed by atoms with Crippen molar-refractivity contribution in [2.75, 3.05) is 30.3 Å². The summed E-state index contributed by atoms with van der Waals surface area (Å²) in [4.78, 5) is 6.37. The number of aromatic nitrogens is 1. The normalized spacial score (nSPS) is 25.0. The number of nitrogens with two attached hydrogens (primary N) is 1. The molecule has 3 N–H and O–H groups in total. The standard InChI is InChI=1S/C11H16BrN3O2/c1-7-4-15(5-9(6-16)17-7)11-10(13)2-8(12)3-14-11/h2-3,7,9,16H,4-6,13H2,1H3. The Labute approximate surface area is 109 Å². The minimum absolute atomic E-state index is 0.0112. The van der Waals surface area contributed by atoms with Crippen LogP contribution in [0.4, 0.5) is 11.5 Å². The van der Waals surface area contributed by atoms with Crippen molar-refractivity contribution in [2.24, 2.45) is 0 Å². The van der Waals surface area contributed by atoms with Gasteiger partial charge in [-0.1, -0.05) is 0 Å². The van der Waals surface area contributed by atoms with Crippen molar-refractivity contribution in [2.45, 2.75) is 19.1 Å². The summed E-state index contributed by atoms with van der Waals surface area (Å²) in [6.07, 6.45) is 1.61. The smallest absolute Gasteiger partial charge is 0.152 e. The molecule has 0 bridgehead atoms. The average molecular weight is 302 g/mol. The molecule has 0 aliphatic carbocycles. The van der Waals surface area contributed by atoms with E-state index in [4.69, 9.17) is 10.5 Å². The lowest BCUT2D eigenvalue weighted by molar-refractivity contribution is -0.0422. The topological polar surface area (TPSA) is 71.6 Å². The van der Waals surface area contributed by atoms with Crippen LogP contribution >= 0.6 is 15.9 Å². The molecular formula is C11H16BrN3O2. The number of ether oxygens (including phenoxy) is 1. The van der Waals surface area contributed by atoms with Gasteiger partial charge in [-0.25, -0.2) is 4.98 Å². The summed E-state index contributed by atoms with van der Waals surface area (Å²) in [6, 6.07) is 1.83. The first-order valence-corrected chi connectivity index (χ1v) is 6.31. The highest BCUT2D eigenvalue weighted by molar-refractivity contribution is 9.10. The van der Waals surface area contributed by atoms with Gasteiger partial charge in [-0.3, -0.25) is 0 Å². The number of halogens is 1. The Morgan fingerprint density at radius 3 is 3.06 bits per heavy atom. The number of aliphatic hydroxyl groups excluding tert-OH is 1. The monoisotopic (exact) mass is 301 g/mol. The third kappa shape index (κ3) is 2.88. The Morgan fingerprint density at radius 1 is 1.65 bits per heavy atom. The lowest BCUT2D eigenvalue weighted by Gasteiger charge is -2.37. The molecule has 2 unspecified atom stereocenters. The van der Waals surface area contributed by atoms with Gasteiger partial charge in [-0.2, -0.15) is 0 Å². The molecule has 0 saturated carbocycles. The van der Waals surface area contributed by atoms with E-state index in [0.717, 1.165) is 16.8 Å². The second kappa shape index (κ2) is 5.20. The van der Waals surface area contributed by atoms with E-state index in [1.807, 2.05) is 13.0 Å². The van der Waals surface area contributed by atoms with Crippen LogP contribution < -0.4 is 10.6 Å². The summed E-state index contributed by atoms with van der Waals surface area (Å²) in [5.41, 5.74) is 6.58. The highest BCUT2D eigenvalue weighted by Crippen LogP contribution is 2.26. The van der Waals surface area contributed by atoms with Crippen molar-refractivity contribution >= 4 is 27.4 Å². The predicted octanol–water partition coefficient (Wildman–Crippen LogP) is 1.01. The predicted molar refractivity (Wildman–Crippen MR) is 70.0 cm³/mol. The molecule has 6 heteroatoms. The SMILES string of the molecule is CC1CN(c2ncc(Br)cc2N)CC(CO)O1. The minimum atomic E-state index is -0.177. The molecule has 2 heterocycles. The maximum absolute atomic E-state index is 9.18. The van der Waals surface area contributed by atoms with E-state index in [2.05, 4.69) is 25.8 Å². The van der Waals surface area contributed by atoms with Gasteiger partial charge >= 0.3 is 0 Å². The molecule has 1 saturated heterocycles. The number of aliphatic hydroxyl groups is 1. The number of nitrogens with zero attached hydrogens (tertiary/aromatic N) is 2. The lowest BCUT2D eigenvalue weighted by Crippen LogP contribution is -2.48. The first-order valence-electron chi connectivity index (χ1n) is 5.52. The quantitative estimate of drug-likeness (QED) is 0.853. The maximum atomic E-state index is 9.18. The van der Waals surface area contributed by atoms with Gasteiger partial charge in [0, 0.05) is 23.8 Å². The Kier molecular flexibility index (Phi) is 3.86. The van der Waals surface area contributed by atoms with E-state index in [1.165, 1.54) is 0 Å². The second-order valence-electron chi connectivity index (χ2n) is 4.22. The molecule has 0 radical (unpaired) electrons. The largest absolute Gasteiger partial charge is 0.396 e. The Morgan fingerprint density at radius 2 is 2.41 bits per heavy atom. The van der Waals surface area contributed by atoms with Gasteiger partial charge in [0.05, 0.1) is 24.5 Å². The fourth-order valence-electron chi connectivity index (χ4n) is 2.03. The van der Waals surface area contributed by atoms with Crippen LogP contribution in [0.15, 0.2) is 16.7 Å². The van der Waals surface area contributed by atoms with Gasteiger partial charge in [-0.15, -0.1) is 0 Å². The number of pyridine rings is 1. The molecule has 2 atom stereocenters. The van der Waals surface area contributed by atoms with Crippen LogP contribution in [0.25, 0.3) is 0 Å². The van der Waals surface area contributed by atoms with Gasteiger partial charge in [0.15, 0.2) is 5.82 Å². The van der Waals surface area contributed by atoms with Gasteiger partial charge in [0.2, 0.25) is 0 Å². The summed E-state index contributed by atoms with van der Waals surface area (Å²) in [5.74, 6) is 0.752. The van der Waals surface area contributed by atoms with Crippen molar-refractivity contribution in [3.8, 4) is 0 Å². The molecule has 1 aliphatic heterocycles. The first-order chi connectivity index (χ1) is 8.10. The zero-order valence-electron chi connectivity index (χ0n) is 9.64. The lowest BCUT2D eigenvalue weighted by atomic mass is 10.2. The number of morpholine rings is 1. The van der Waals surface area contributed by atoms with Crippen molar-refractivity contribution < 1.29 is 9.84 Å². The molecule has 2 rings (SSSR count). The molecular weight excluding hydrogens is 286 g/mol. The number of rotatable bonds is 2. The van der Waals surface area contributed by atoms with E-state index in [-0.39, 0.29) is 18.8 Å². The summed E-state index contributed by atoms with van der Waals surface area (Å²) in [7, 11) is 0. The van der Waals surface area contributed by atoms with Crippen LogP contribution in [0.3, 0.4) is 0 Å². The van der Waals surface area contributed by atoms with Crippen LogP contribution in [-0.2, 0) is 4.74 Å². The van der Waals surface area contributed by atoms with Crippen LogP contribution in [-0.4, -0.2) is 42.0 Å². The zero-order chi connectivity index (χ0) is 12.4. The average Bonchev–Trinajstić information content (AvgIpc) is 2.28. The van der Waals surface area contributed by atoms with Gasteiger partial charge in [0.1, 0.15) is 0 Å². The number of nitrogen functional groups attached to an aromatic ring is 1. The summed E-state index contributed by atoms with van der Waals surface area (Å²) in [5, 5.41) is 9.18. The molecule has 1 aromatic heterocycles. The molecule has 0 spiro atoms. The van der Waals surface area contributed by atoms with E-state index in [0.29, 0.717) is 12.2 Å². The molecule has 1 fully saturated rings. The summed E-state index contributed by atoms with van der Waals surface area (Å²) in [6.45, 7) is 3.33. The van der Waals surface area contributed by atoms with E-state index >= 15 is 0 Å². The number of hydrogen-bond acceptors (Lipinski definition) is 5. The fraction of sp³-hybridized carbons (Fsp3) is 0.545. The molecule has 0 aromatic carbocycles. The zero-order valence-corrected chi connectivity index (χ0v) is 11.2. The van der Waals surface area contributed by atoms with Gasteiger partial charge < -0.3 is 20.5 Å². The van der Waals surface area contributed by atoms with Gasteiger partial charge in [0.25, 0.3) is 0 Å². The van der Waals surface area contributed by atoms with Crippen LogP contribution in [0.5, 0.6) is 0 Å². The van der Waals surface area contributed by atoms with Crippen LogP contribution in [0, 0.1) is 0 Å². The molecule has 17 heavy (non-hydrogen) atoms. The van der Waals surface area contributed by atoms with E-state index in [9.17, 15) is 5.11 Å². The highest BCUT2D eigenvalue weighted by atomic mass is 79.9. The second-order valence-corrected chi connectivity index (χ2v) is 5.14. The molecule has 0 amide bonds. The third-order valence-electron chi connectivity index (χ3n) is 2.69. The van der Waals surface area contributed by atoms with Crippen LogP contribution in [0.2, 0.25) is 0 Å². The van der Waals surface area contributed by atoms with Crippen molar-refractivity contribution in [3.63, 3.8) is 0 Å². The van der Waals surface area contributed by atoms with E-state index in [1.54, 1.807) is 6.20 Å². The highest BCUT2D eigenvalue weighted by Gasteiger charge is 2.26. The molecule has 5 nitrogen and oxygen atoms in total. The Hall–Kier alpha value is -0.850.